The minimum absolute atomic E-state index is 0.00898. The van der Waals surface area contributed by atoms with Gasteiger partial charge in [-0.1, -0.05) is 12.1 Å². The van der Waals surface area contributed by atoms with Crippen LogP contribution in [-0.4, -0.2) is 4.92 Å². The lowest BCUT2D eigenvalue weighted by molar-refractivity contribution is -0.383. The van der Waals surface area contributed by atoms with Crippen molar-refractivity contribution in [1.82, 2.24) is 0 Å². The zero-order chi connectivity index (χ0) is 9.42. The molecular formula is C9H8N2O2. The van der Waals surface area contributed by atoms with Gasteiger partial charge in [-0.25, -0.2) is 0 Å². The predicted molar refractivity (Wildman–Crippen MR) is 50.1 cm³/mol. The quantitative estimate of drug-likeness (QED) is 0.425. The van der Waals surface area contributed by atoms with Gasteiger partial charge in [-0.15, -0.1) is 0 Å². The van der Waals surface area contributed by atoms with Crippen LogP contribution in [0.2, 0.25) is 0 Å². The van der Waals surface area contributed by atoms with E-state index in [4.69, 9.17) is 5.73 Å². The molecule has 1 aromatic carbocycles. The molecule has 2 rings (SSSR count). The lowest BCUT2D eigenvalue weighted by atomic mass is 10.1. The fourth-order valence-corrected chi connectivity index (χ4v) is 1.19. The van der Waals surface area contributed by atoms with E-state index < -0.39 is 4.92 Å². The first-order chi connectivity index (χ1) is 6.18. The van der Waals surface area contributed by atoms with Crippen molar-refractivity contribution in [3.63, 3.8) is 0 Å². The first-order valence-corrected chi connectivity index (χ1v) is 3.92. The normalized spacial score (nSPS) is 13.7. The lowest BCUT2D eigenvalue weighted by Crippen LogP contribution is -1.95. The smallest absolute Gasteiger partial charge is 0.292 e. The molecule has 0 unspecified atom stereocenters. The average molecular weight is 176 g/mol. The Morgan fingerprint density at radius 1 is 1.46 bits per heavy atom. The van der Waals surface area contributed by atoms with Gasteiger partial charge in [0.05, 0.1) is 4.92 Å². The maximum atomic E-state index is 10.5. The molecule has 0 atom stereocenters. The van der Waals surface area contributed by atoms with Gasteiger partial charge < -0.3 is 5.73 Å². The molecule has 1 aliphatic rings. The van der Waals surface area contributed by atoms with Gasteiger partial charge in [-0.2, -0.15) is 0 Å². The summed E-state index contributed by atoms with van der Waals surface area (Å²) in [5.41, 5.74) is 7.72. The van der Waals surface area contributed by atoms with Crippen LogP contribution < -0.4 is 5.73 Å². The monoisotopic (exact) mass is 176 g/mol. The molecule has 0 heterocycles. The topological polar surface area (TPSA) is 69.2 Å². The second-order valence-electron chi connectivity index (χ2n) is 2.96. The SMILES string of the molecule is Nc1ccc(C2=CC2)cc1[N+](=O)[O-]. The summed E-state index contributed by atoms with van der Waals surface area (Å²) in [5.74, 6) is 0. The van der Waals surface area contributed by atoms with Crippen LogP contribution in [0, 0.1) is 10.1 Å². The number of nitrogens with two attached hydrogens (primary N) is 1. The Balaban J connectivity index is 2.47. The van der Waals surface area contributed by atoms with Gasteiger partial charge >= 0.3 is 0 Å². The molecule has 4 heteroatoms. The van der Waals surface area contributed by atoms with E-state index in [1.54, 1.807) is 12.1 Å². The fraction of sp³-hybridized carbons (Fsp3) is 0.111. The van der Waals surface area contributed by atoms with Crippen LogP contribution >= 0.6 is 0 Å². The number of nitro groups is 1. The van der Waals surface area contributed by atoms with Crippen molar-refractivity contribution in [2.45, 2.75) is 6.42 Å². The summed E-state index contributed by atoms with van der Waals surface area (Å²) in [6, 6.07) is 4.90. The van der Waals surface area contributed by atoms with Gasteiger partial charge in [0.15, 0.2) is 0 Å². The molecule has 0 radical (unpaired) electrons. The van der Waals surface area contributed by atoms with Gasteiger partial charge in [0.2, 0.25) is 0 Å². The van der Waals surface area contributed by atoms with Crippen molar-refractivity contribution in [1.29, 1.82) is 0 Å². The van der Waals surface area contributed by atoms with Gasteiger partial charge in [0, 0.05) is 6.07 Å². The molecule has 0 amide bonds. The maximum absolute atomic E-state index is 10.5. The molecule has 13 heavy (non-hydrogen) atoms. The molecule has 0 saturated carbocycles. The van der Waals surface area contributed by atoms with E-state index in [1.807, 2.05) is 6.08 Å². The number of hydrogen-bond donors (Lipinski definition) is 1. The van der Waals surface area contributed by atoms with Gasteiger partial charge in [0.1, 0.15) is 5.69 Å². The number of anilines is 1. The summed E-state index contributed by atoms with van der Waals surface area (Å²) in [4.78, 5) is 10.1. The number of benzene rings is 1. The molecule has 0 aliphatic heterocycles. The number of nitrogen functional groups attached to an aromatic ring is 1. The van der Waals surface area contributed by atoms with Crippen molar-refractivity contribution in [2.24, 2.45) is 0 Å². The first kappa shape index (κ1) is 7.79. The Morgan fingerprint density at radius 3 is 2.69 bits per heavy atom. The summed E-state index contributed by atoms with van der Waals surface area (Å²) in [5, 5.41) is 10.5. The second-order valence-corrected chi connectivity index (χ2v) is 2.96. The van der Waals surface area contributed by atoms with Crippen LogP contribution in [0.1, 0.15) is 12.0 Å². The van der Waals surface area contributed by atoms with Crippen LogP contribution in [-0.2, 0) is 0 Å². The molecule has 0 fully saturated rings. The molecule has 0 bridgehead atoms. The number of nitrogens with zero attached hydrogens (tertiary/aromatic N) is 1. The van der Waals surface area contributed by atoms with E-state index in [-0.39, 0.29) is 11.4 Å². The van der Waals surface area contributed by atoms with Crippen molar-refractivity contribution >= 4 is 16.9 Å². The van der Waals surface area contributed by atoms with E-state index in [2.05, 4.69) is 0 Å². The molecule has 1 aromatic rings. The van der Waals surface area contributed by atoms with E-state index >= 15 is 0 Å². The molecule has 2 N–H and O–H groups in total. The summed E-state index contributed by atoms with van der Waals surface area (Å²) in [7, 11) is 0. The summed E-state index contributed by atoms with van der Waals surface area (Å²) in [6.07, 6.45) is 2.95. The van der Waals surface area contributed by atoms with Gasteiger partial charge in [-0.05, 0) is 23.6 Å². The fourth-order valence-electron chi connectivity index (χ4n) is 1.19. The summed E-state index contributed by atoms with van der Waals surface area (Å²) >= 11 is 0. The largest absolute Gasteiger partial charge is 0.393 e. The lowest BCUT2D eigenvalue weighted by Gasteiger charge is -1.98. The van der Waals surface area contributed by atoms with E-state index in [1.165, 1.54) is 6.07 Å². The minimum Gasteiger partial charge on any atom is -0.393 e. The van der Waals surface area contributed by atoms with Crippen LogP contribution in [0.4, 0.5) is 11.4 Å². The zero-order valence-electron chi connectivity index (χ0n) is 6.86. The highest BCUT2D eigenvalue weighted by Gasteiger charge is 2.16. The van der Waals surface area contributed by atoms with E-state index in [0.29, 0.717) is 0 Å². The number of allylic oxidation sites excluding steroid dienone is 2. The third-order valence-electron chi connectivity index (χ3n) is 2.01. The highest BCUT2D eigenvalue weighted by molar-refractivity contribution is 5.80. The Kier molecular flexibility index (Phi) is 1.55. The Labute approximate surface area is 74.8 Å². The predicted octanol–water partition coefficient (Wildman–Crippen LogP) is 1.96. The molecule has 4 nitrogen and oxygen atoms in total. The van der Waals surface area contributed by atoms with Crippen molar-refractivity contribution in [3.8, 4) is 0 Å². The average Bonchev–Trinajstić information content (AvgIpc) is 2.87. The van der Waals surface area contributed by atoms with E-state index in [0.717, 1.165) is 17.6 Å². The zero-order valence-corrected chi connectivity index (χ0v) is 6.86. The molecule has 1 aliphatic carbocycles. The molecule has 0 spiro atoms. The maximum Gasteiger partial charge on any atom is 0.292 e. The molecule has 66 valence electrons. The second kappa shape index (κ2) is 2.58. The highest BCUT2D eigenvalue weighted by atomic mass is 16.6. The molecule has 0 aromatic heterocycles. The van der Waals surface area contributed by atoms with Crippen molar-refractivity contribution in [3.05, 3.63) is 40.0 Å². The summed E-state index contributed by atoms with van der Waals surface area (Å²) < 4.78 is 0. The Hall–Kier alpha value is -1.84. The highest BCUT2D eigenvalue weighted by Crippen LogP contribution is 2.34. The third-order valence-corrected chi connectivity index (χ3v) is 2.01. The number of rotatable bonds is 2. The van der Waals surface area contributed by atoms with Crippen LogP contribution in [0.15, 0.2) is 24.3 Å². The summed E-state index contributed by atoms with van der Waals surface area (Å²) in [6.45, 7) is 0. The first-order valence-electron chi connectivity index (χ1n) is 3.92. The van der Waals surface area contributed by atoms with Crippen LogP contribution in [0.25, 0.3) is 5.57 Å². The Bertz CT molecular complexity index is 410. The van der Waals surface area contributed by atoms with Crippen molar-refractivity contribution in [2.75, 3.05) is 5.73 Å². The van der Waals surface area contributed by atoms with Crippen LogP contribution in [0.3, 0.4) is 0 Å². The van der Waals surface area contributed by atoms with Crippen LogP contribution in [0.5, 0.6) is 0 Å². The standard InChI is InChI=1S/C9H8N2O2/c10-8-4-3-7(6-1-2-6)5-9(8)11(12)13/h1,3-5H,2,10H2. The molecular weight excluding hydrogens is 168 g/mol. The molecule has 0 saturated heterocycles. The number of hydrogen-bond acceptors (Lipinski definition) is 3. The third kappa shape index (κ3) is 1.38. The van der Waals surface area contributed by atoms with E-state index in [9.17, 15) is 10.1 Å². The Morgan fingerprint density at radius 2 is 2.15 bits per heavy atom. The van der Waals surface area contributed by atoms with Gasteiger partial charge in [0.25, 0.3) is 5.69 Å². The number of nitro benzene ring substituents is 1. The van der Waals surface area contributed by atoms with Crippen molar-refractivity contribution < 1.29 is 4.92 Å². The van der Waals surface area contributed by atoms with Gasteiger partial charge in [-0.3, -0.25) is 10.1 Å². The minimum atomic E-state index is -0.457.